The third-order valence-electron chi connectivity index (χ3n) is 3.09. The second-order valence-corrected chi connectivity index (χ2v) is 4.32. The van der Waals surface area contributed by atoms with E-state index < -0.39 is 0 Å². The minimum absolute atomic E-state index is 0.0430. The van der Waals surface area contributed by atoms with Gasteiger partial charge in [-0.05, 0) is 19.4 Å². The number of nitrogens with one attached hydrogen (secondary N) is 2. The van der Waals surface area contributed by atoms with Crippen molar-refractivity contribution in [3.8, 4) is 0 Å². The standard InChI is InChI=1S/C12H19N5O/c1-3-14-10-4-6-15-12(16-10)17-7-5-9(8-17)11(18)13-2/h4,6,9H,3,5,7-8H2,1-2H3,(H,13,18)(H,14,15,16)/t9-/m1/s1. The first-order chi connectivity index (χ1) is 8.74. The topological polar surface area (TPSA) is 70.2 Å². The highest BCUT2D eigenvalue weighted by atomic mass is 16.1. The normalized spacial score (nSPS) is 18.8. The molecule has 1 aliphatic rings. The Hall–Kier alpha value is -1.85. The third-order valence-corrected chi connectivity index (χ3v) is 3.09. The van der Waals surface area contributed by atoms with Gasteiger partial charge in [0.2, 0.25) is 11.9 Å². The minimum Gasteiger partial charge on any atom is -0.370 e. The van der Waals surface area contributed by atoms with E-state index in [-0.39, 0.29) is 11.8 Å². The maximum absolute atomic E-state index is 11.6. The summed E-state index contributed by atoms with van der Waals surface area (Å²) in [6.07, 6.45) is 2.60. The number of anilines is 2. The number of amides is 1. The Kier molecular flexibility index (Phi) is 3.96. The number of aromatic nitrogens is 2. The molecule has 0 unspecified atom stereocenters. The summed E-state index contributed by atoms with van der Waals surface area (Å²) in [7, 11) is 1.67. The maximum atomic E-state index is 11.6. The Labute approximate surface area is 107 Å². The van der Waals surface area contributed by atoms with Crippen molar-refractivity contribution in [2.75, 3.05) is 36.9 Å². The zero-order chi connectivity index (χ0) is 13.0. The number of rotatable bonds is 4. The summed E-state index contributed by atoms with van der Waals surface area (Å²) in [6, 6.07) is 1.85. The largest absolute Gasteiger partial charge is 0.370 e. The fourth-order valence-electron chi connectivity index (χ4n) is 2.14. The van der Waals surface area contributed by atoms with Crippen LogP contribution < -0.4 is 15.5 Å². The molecule has 0 bridgehead atoms. The van der Waals surface area contributed by atoms with E-state index in [0.717, 1.165) is 25.3 Å². The maximum Gasteiger partial charge on any atom is 0.227 e. The summed E-state index contributed by atoms with van der Waals surface area (Å²) < 4.78 is 0. The van der Waals surface area contributed by atoms with E-state index in [1.165, 1.54) is 0 Å². The molecule has 98 valence electrons. The van der Waals surface area contributed by atoms with E-state index >= 15 is 0 Å². The Morgan fingerprint density at radius 1 is 1.61 bits per heavy atom. The van der Waals surface area contributed by atoms with Crippen molar-refractivity contribution in [2.45, 2.75) is 13.3 Å². The van der Waals surface area contributed by atoms with Gasteiger partial charge in [0.15, 0.2) is 0 Å². The summed E-state index contributed by atoms with van der Waals surface area (Å²) in [5, 5.41) is 5.85. The zero-order valence-electron chi connectivity index (χ0n) is 10.8. The van der Waals surface area contributed by atoms with Crippen molar-refractivity contribution in [2.24, 2.45) is 5.92 Å². The van der Waals surface area contributed by atoms with Crippen LogP contribution in [0.5, 0.6) is 0 Å². The van der Waals surface area contributed by atoms with Crippen molar-refractivity contribution < 1.29 is 4.79 Å². The molecule has 1 fully saturated rings. The molecule has 2 N–H and O–H groups in total. The SMILES string of the molecule is CCNc1ccnc(N2CC[C@@H](C(=O)NC)C2)n1. The quantitative estimate of drug-likeness (QED) is 0.812. The molecule has 6 nitrogen and oxygen atoms in total. The van der Waals surface area contributed by atoms with Crippen LogP contribution in [0, 0.1) is 5.92 Å². The molecule has 1 amide bonds. The molecule has 2 heterocycles. The molecule has 1 aliphatic heterocycles. The van der Waals surface area contributed by atoms with E-state index in [2.05, 4.69) is 25.5 Å². The van der Waals surface area contributed by atoms with Crippen molar-refractivity contribution in [1.82, 2.24) is 15.3 Å². The summed E-state index contributed by atoms with van der Waals surface area (Å²) in [4.78, 5) is 22.3. The number of hydrogen-bond donors (Lipinski definition) is 2. The summed E-state index contributed by atoms with van der Waals surface area (Å²) in [6.45, 7) is 4.37. The summed E-state index contributed by atoms with van der Waals surface area (Å²) in [5.74, 6) is 1.66. The third kappa shape index (κ3) is 2.69. The molecule has 2 rings (SSSR count). The van der Waals surface area contributed by atoms with Gasteiger partial charge in [0.25, 0.3) is 0 Å². The molecule has 18 heavy (non-hydrogen) atoms. The van der Waals surface area contributed by atoms with Crippen molar-refractivity contribution >= 4 is 17.7 Å². The first-order valence-corrected chi connectivity index (χ1v) is 6.28. The number of nitrogens with zero attached hydrogens (tertiary/aromatic N) is 3. The molecular formula is C12H19N5O. The molecule has 1 aromatic heterocycles. The van der Waals surface area contributed by atoms with E-state index in [4.69, 9.17) is 0 Å². The number of carbonyl (C=O) groups excluding carboxylic acids is 1. The second kappa shape index (κ2) is 5.66. The molecular weight excluding hydrogens is 230 g/mol. The summed E-state index contributed by atoms with van der Waals surface area (Å²) in [5.41, 5.74) is 0. The Balaban J connectivity index is 2.04. The molecule has 0 saturated carbocycles. The van der Waals surface area contributed by atoms with Gasteiger partial charge < -0.3 is 15.5 Å². The molecule has 1 atom stereocenters. The lowest BCUT2D eigenvalue weighted by atomic mass is 10.1. The molecule has 0 aliphatic carbocycles. The van der Waals surface area contributed by atoms with Crippen LogP contribution >= 0.6 is 0 Å². The average Bonchev–Trinajstić information content (AvgIpc) is 2.88. The average molecular weight is 249 g/mol. The van der Waals surface area contributed by atoms with Gasteiger partial charge in [-0.3, -0.25) is 4.79 Å². The molecule has 0 radical (unpaired) electrons. The first kappa shape index (κ1) is 12.6. The van der Waals surface area contributed by atoms with Crippen LogP contribution in [0.4, 0.5) is 11.8 Å². The van der Waals surface area contributed by atoms with Gasteiger partial charge in [0, 0.05) is 32.9 Å². The van der Waals surface area contributed by atoms with Crippen molar-refractivity contribution in [1.29, 1.82) is 0 Å². The van der Waals surface area contributed by atoms with Crippen LogP contribution in [-0.2, 0) is 4.79 Å². The van der Waals surface area contributed by atoms with E-state index in [9.17, 15) is 4.79 Å². The second-order valence-electron chi connectivity index (χ2n) is 4.32. The molecule has 1 aromatic rings. The fourth-order valence-corrected chi connectivity index (χ4v) is 2.14. The number of carbonyl (C=O) groups is 1. The van der Waals surface area contributed by atoms with Crippen LogP contribution in [-0.4, -0.2) is 42.6 Å². The lowest BCUT2D eigenvalue weighted by Gasteiger charge is -2.16. The lowest BCUT2D eigenvalue weighted by molar-refractivity contribution is -0.123. The summed E-state index contributed by atoms with van der Waals surface area (Å²) >= 11 is 0. The predicted molar refractivity (Wildman–Crippen MR) is 70.6 cm³/mol. The van der Waals surface area contributed by atoms with Gasteiger partial charge in [0.05, 0.1) is 5.92 Å². The first-order valence-electron chi connectivity index (χ1n) is 6.28. The molecule has 1 saturated heterocycles. The van der Waals surface area contributed by atoms with Crippen LogP contribution in [0.3, 0.4) is 0 Å². The number of hydrogen-bond acceptors (Lipinski definition) is 5. The Bertz CT molecular complexity index is 423. The van der Waals surface area contributed by atoms with Crippen molar-refractivity contribution in [3.63, 3.8) is 0 Å². The van der Waals surface area contributed by atoms with Crippen LogP contribution in [0.25, 0.3) is 0 Å². The molecule has 0 aromatic carbocycles. The van der Waals surface area contributed by atoms with Crippen molar-refractivity contribution in [3.05, 3.63) is 12.3 Å². The van der Waals surface area contributed by atoms with E-state index in [0.29, 0.717) is 12.5 Å². The smallest absolute Gasteiger partial charge is 0.227 e. The molecule has 0 spiro atoms. The van der Waals surface area contributed by atoms with Gasteiger partial charge in [-0.25, -0.2) is 4.98 Å². The van der Waals surface area contributed by atoms with Crippen LogP contribution in [0.2, 0.25) is 0 Å². The lowest BCUT2D eigenvalue weighted by Crippen LogP contribution is -2.30. The van der Waals surface area contributed by atoms with Crippen LogP contribution in [0.1, 0.15) is 13.3 Å². The Morgan fingerprint density at radius 2 is 2.44 bits per heavy atom. The van der Waals surface area contributed by atoms with Gasteiger partial charge >= 0.3 is 0 Å². The van der Waals surface area contributed by atoms with Gasteiger partial charge in [-0.1, -0.05) is 0 Å². The highest BCUT2D eigenvalue weighted by Gasteiger charge is 2.28. The monoisotopic (exact) mass is 249 g/mol. The zero-order valence-corrected chi connectivity index (χ0v) is 10.8. The van der Waals surface area contributed by atoms with E-state index in [1.54, 1.807) is 13.2 Å². The molecule has 6 heteroatoms. The van der Waals surface area contributed by atoms with E-state index in [1.807, 2.05) is 13.0 Å². The van der Waals surface area contributed by atoms with Crippen LogP contribution in [0.15, 0.2) is 12.3 Å². The fraction of sp³-hybridized carbons (Fsp3) is 0.583. The van der Waals surface area contributed by atoms with Gasteiger partial charge in [0.1, 0.15) is 5.82 Å². The minimum atomic E-state index is 0.0430. The highest BCUT2D eigenvalue weighted by molar-refractivity contribution is 5.79. The van der Waals surface area contributed by atoms with Gasteiger partial charge in [-0.15, -0.1) is 0 Å². The Morgan fingerprint density at radius 3 is 3.17 bits per heavy atom. The predicted octanol–water partition coefficient (Wildman–Crippen LogP) is 0.481. The van der Waals surface area contributed by atoms with Gasteiger partial charge in [-0.2, -0.15) is 4.98 Å². The highest BCUT2D eigenvalue weighted by Crippen LogP contribution is 2.21.